The molecule has 0 radical (unpaired) electrons. The lowest BCUT2D eigenvalue weighted by molar-refractivity contribution is 1.36. The van der Waals surface area contributed by atoms with E-state index in [4.69, 9.17) is 0 Å². The van der Waals surface area contributed by atoms with Gasteiger partial charge in [-0.2, -0.15) is 36.6 Å². The van der Waals surface area contributed by atoms with E-state index < -0.39 is 0 Å². The van der Waals surface area contributed by atoms with Crippen LogP contribution in [0.1, 0.15) is 0 Å². The van der Waals surface area contributed by atoms with Crippen LogP contribution in [0.3, 0.4) is 0 Å². The van der Waals surface area contributed by atoms with Gasteiger partial charge in [0.2, 0.25) is 0 Å². The lowest BCUT2D eigenvalue weighted by Crippen LogP contribution is -1.77. The third kappa shape index (κ3) is 10.7. The highest BCUT2D eigenvalue weighted by atomic mass is 33.1. The predicted octanol–water partition coefficient (Wildman–Crippen LogP) is 4.55. The average Bonchev–Trinajstić information content (AvgIpc) is 2.60. The molecule has 0 nitrogen and oxygen atoms in total. The summed E-state index contributed by atoms with van der Waals surface area (Å²) in [6, 6.07) is 0. The molecule has 1 aromatic heterocycles. The van der Waals surface area contributed by atoms with Crippen LogP contribution in [0.2, 0.25) is 0 Å². The standard InChI is InChI=1S/C4H10S4.C4H4S3/c5-1-3-7-8-4-2-6;5-3-1-7-2-4(3)6/h5-6H,1-4H2;1-2,5-6H. The Kier molecular flexibility index (Phi) is 13.7. The molecule has 0 unspecified atom stereocenters. The lowest BCUT2D eigenvalue weighted by Gasteiger charge is -1.93. The molecule has 0 fully saturated rings. The number of hydrogen-bond acceptors (Lipinski definition) is 7. The van der Waals surface area contributed by atoms with Gasteiger partial charge < -0.3 is 0 Å². The van der Waals surface area contributed by atoms with E-state index in [2.05, 4.69) is 50.5 Å². The van der Waals surface area contributed by atoms with E-state index >= 15 is 0 Å². The summed E-state index contributed by atoms with van der Waals surface area (Å²) in [6.45, 7) is 0. The summed E-state index contributed by atoms with van der Waals surface area (Å²) < 4.78 is 0. The Morgan fingerprint density at radius 1 is 0.933 bits per heavy atom. The zero-order valence-electron chi connectivity index (χ0n) is 8.00. The highest BCUT2D eigenvalue weighted by Crippen LogP contribution is 2.21. The van der Waals surface area contributed by atoms with E-state index in [1.165, 1.54) is 0 Å². The average molecular weight is 335 g/mol. The van der Waals surface area contributed by atoms with Crippen molar-refractivity contribution in [2.45, 2.75) is 9.79 Å². The van der Waals surface area contributed by atoms with E-state index in [9.17, 15) is 0 Å². The molecule has 0 N–H and O–H groups in total. The quantitative estimate of drug-likeness (QED) is 0.354. The fraction of sp³-hybridized carbons (Fsp3) is 0.500. The van der Waals surface area contributed by atoms with Gasteiger partial charge in [-0.3, -0.25) is 0 Å². The van der Waals surface area contributed by atoms with Gasteiger partial charge in [0.05, 0.1) is 0 Å². The first kappa shape index (κ1) is 16.8. The van der Waals surface area contributed by atoms with Gasteiger partial charge >= 0.3 is 0 Å². The third-order valence-corrected chi connectivity index (χ3v) is 6.52. The molecular formula is C8H14S7. The van der Waals surface area contributed by atoms with Gasteiger partial charge in [0.25, 0.3) is 0 Å². The van der Waals surface area contributed by atoms with Crippen molar-refractivity contribution >= 4 is 83.4 Å². The van der Waals surface area contributed by atoms with Crippen molar-refractivity contribution in [1.29, 1.82) is 0 Å². The van der Waals surface area contributed by atoms with Crippen LogP contribution in [0.25, 0.3) is 0 Å². The number of rotatable bonds is 5. The topological polar surface area (TPSA) is 0 Å². The van der Waals surface area contributed by atoms with E-state index in [-0.39, 0.29) is 0 Å². The summed E-state index contributed by atoms with van der Waals surface area (Å²) >= 11 is 17.9. The van der Waals surface area contributed by atoms with E-state index in [1.807, 2.05) is 32.3 Å². The molecule has 1 rings (SSSR count). The zero-order chi connectivity index (χ0) is 11.5. The number of thiophene rings is 1. The van der Waals surface area contributed by atoms with Gasteiger partial charge in [0.1, 0.15) is 0 Å². The van der Waals surface area contributed by atoms with Crippen LogP contribution in [0.4, 0.5) is 0 Å². The Morgan fingerprint density at radius 3 is 1.53 bits per heavy atom. The number of hydrogen-bond donors (Lipinski definition) is 4. The molecular weight excluding hydrogens is 321 g/mol. The van der Waals surface area contributed by atoms with E-state index in [1.54, 1.807) is 11.3 Å². The highest BCUT2D eigenvalue weighted by molar-refractivity contribution is 8.76. The van der Waals surface area contributed by atoms with Gasteiger partial charge in [-0.1, -0.05) is 21.6 Å². The summed E-state index contributed by atoms with van der Waals surface area (Å²) in [7, 11) is 3.74. The van der Waals surface area contributed by atoms with Crippen LogP contribution in [-0.2, 0) is 0 Å². The minimum absolute atomic E-state index is 0.966. The Morgan fingerprint density at radius 2 is 1.33 bits per heavy atom. The molecule has 7 heteroatoms. The first-order valence-corrected chi connectivity index (χ1v) is 9.71. The molecule has 0 aliphatic rings. The minimum atomic E-state index is 0.966. The molecule has 0 atom stereocenters. The van der Waals surface area contributed by atoms with Gasteiger partial charge in [-0.15, -0.1) is 25.3 Å². The zero-order valence-corrected chi connectivity index (χ0v) is 14.0. The van der Waals surface area contributed by atoms with Gasteiger partial charge in [0, 0.05) is 43.6 Å². The van der Waals surface area contributed by atoms with Gasteiger partial charge in [0.15, 0.2) is 0 Å². The Labute approximate surface area is 126 Å². The molecule has 0 bridgehead atoms. The van der Waals surface area contributed by atoms with Crippen molar-refractivity contribution in [3.8, 4) is 0 Å². The van der Waals surface area contributed by atoms with Crippen LogP contribution in [0.5, 0.6) is 0 Å². The third-order valence-electron chi connectivity index (χ3n) is 1.05. The fourth-order valence-corrected chi connectivity index (χ4v) is 4.61. The molecule has 0 saturated carbocycles. The van der Waals surface area contributed by atoms with Crippen LogP contribution in [-0.4, -0.2) is 23.0 Å². The SMILES string of the molecule is SCCSSCCS.Sc1cscc1S. The van der Waals surface area contributed by atoms with Crippen molar-refractivity contribution < 1.29 is 0 Å². The van der Waals surface area contributed by atoms with Crippen LogP contribution in [0.15, 0.2) is 20.6 Å². The first-order chi connectivity index (χ1) is 7.22. The smallest absolute Gasteiger partial charge is 0.0281 e. The largest absolute Gasteiger partial charge is 0.178 e. The van der Waals surface area contributed by atoms with Crippen molar-refractivity contribution in [1.82, 2.24) is 0 Å². The molecule has 0 spiro atoms. The Bertz CT molecular complexity index is 212. The van der Waals surface area contributed by atoms with Crippen molar-refractivity contribution in [3.05, 3.63) is 10.8 Å². The van der Waals surface area contributed by atoms with Crippen LogP contribution < -0.4 is 0 Å². The molecule has 88 valence electrons. The normalized spacial score (nSPS) is 9.60. The monoisotopic (exact) mass is 334 g/mol. The second-order valence-electron chi connectivity index (χ2n) is 2.23. The predicted molar refractivity (Wildman–Crippen MR) is 91.4 cm³/mol. The Balaban J connectivity index is 0.000000262. The minimum Gasteiger partial charge on any atom is -0.178 e. The summed E-state index contributed by atoms with van der Waals surface area (Å²) in [5, 5.41) is 3.90. The summed E-state index contributed by atoms with van der Waals surface area (Å²) in [6.07, 6.45) is 0. The van der Waals surface area contributed by atoms with Gasteiger partial charge in [-0.25, -0.2) is 0 Å². The summed E-state index contributed by atoms with van der Waals surface area (Å²) in [4.78, 5) is 1.93. The first-order valence-electron chi connectivity index (χ1n) is 4.12. The molecule has 1 heterocycles. The molecule has 0 amide bonds. The van der Waals surface area contributed by atoms with E-state index in [0.29, 0.717) is 0 Å². The molecule has 15 heavy (non-hydrogen) atoms. The molecule has 0 aromatic carbocycles. The van der Waals surface area contributed by atoms with Crippen molar-refractivity contribution in [2.24, 2.45) is 0 Å². The maximum absolute atomic E-state index is 4.08. The second-order valence-corrected chi connectivity index (χ2v) is 7.54. The number of thiol groups is 4. The summed E-state index contributed by atoms with van der Waals surface area (Å²) in [5.41, 5.74) is 0. The van der Waals surface area contributed by atoms with Gasteiger partial charge in [-0.05, 0) is 0 Å². The van der Waals surface area contributed by atoms with Crippen molar-refractivity contribution in [3.63, 3.8) is 0 Å². The Hall–Kier alpha value is 1.80. The molecule has 0 aliphatic carbocycles. The fourth-order valence-electron chi connectivity index (χ4n) is 0.476. The van der Waals surface area contributed by atoms with Crippen LogP contribution >= 0.6 is 83.4 Å². The second kappa shape index (κ2) is 12.3. The maximum atomic E-state index is 4.08. The van der Waals surface area contributed by atoms with Crippen molar-refractivity contribution in [2.75, 3.05) is 23.0 Å². The van der Waals surface area contributed by atoms with E-state index in [0.717, 1.165) is 32.8 Å². The lowest BCUT2D eigenvalue weighted by atomic mass is 10.7. The molecule has 0 saturated heterocycles. The summed E-state index contributed by atoms with van der Waals surface area (Å²) in [5.74, 6) is 4.23. The molecule has 0 aliphatic heterocycles. The van der Waals surface area contributed by atoms with Crippen LogP contribution in [0, 0.1) is 0 Å². The maximum Gasteiger partial charge on any atom is 0.0281 e. The molecule has 1 aromatic rings. The highest BCUT2D eigenvalue weighted by Gasteiger charge is 1.89.